The van der Waals surface area contributed by atoms with Crippen LogP contribution in [-0.2, 0) is 0 Å². The minimum atomic E-state index is 0.527. The van der Waals surface area contributed by atoms with Crippen molar-refractivity contribution in [2.24, 2.45) is 5.92 Å². The molecule has 0 saturated carbocycles. The largest absolute Gasteiger partial charge is 0.493 e. The van der Waals surface area contributed by atoms with Crippen LogP contribution < -0.4 is 9.64 Å². The van der Waals surface area contributed by atoms with Crippen LogP contribution in [-0.4, -0.2) is 19.7 Å². The van der Waals surface area contributed by atoms with Crippen LogP contribution in [0.4, 0.5) is 5.69 Å². The summed E-state index contributed by atoms with van der Waals surface area (Å²) in [5.41, 5.74) is 1.62. The van der Waals surface area contributed by atoms with Crippen molar-refractivity contribution in [3.8, 4) is 11.8 Å². The number of para-hydroxylation sites is 1. The average molecular weight is 327 g/mol. The second kappa shape index (κ2) is 7.39. The highest BCUT2D eigenvalue weighted by atomic mass is 35.5. The lowest BCUT2D eigenvalue weighted by Gasteiger charge is -2.33. The summed E-state index contributed by atoms with van der Waals surface area (Å²) in [5.74, 6) is 1.52. The smallest absolute Gasteiger partial charge is 0.119 e. The highest BCUT2D eigenvalue weighted by Gasteiger charge is 2.20. The van der Waals surface area contributed by atoms with Gasteiger partial charge in [-0.25, -0.2) is 0 Å². The van der Waals surface area contributed by atoms with Crippen molar-refractivity contribution in [3.05, 3.63) is 59.1 Å². The number of hydrogen-bond acceptors (Lipinski definition) is 3. The molecule has 0 aromatic heterocycles. The highest BCUT2D eigenvalue weighted by molar-refractivity contribution is 6.32. The summed E-state index contributed by atoms with van der Waals surface area (Å²) in [6.07, 6.45) is 2.20. The zero-order valence-electron chi connectivity index (χ0n) is 12.9. The number of rotatable bonds is 4. The van der Waals surface area contributed by atoms with Crippen LogP contribution in [0.3, 0.4) is 0 Å². The van der Waals surface area contributed by atoms with E-state index in [4.69, 9.17) is 21.6 Å². The van der Waals surface area contributed by atoms with Crippen molar-refractivity contribution < 1.29 is 4.74 Å². The Kier molecular flexibility index (Phi) is 5.05. The van der Waals surface area contributed by atoms with Gasteiger partial charge in [0.1, 0.15) is 11.8 Å². The van der Waals surface area contributed by atoms with E-state index >= 15 is 0 Å². The van der Waals surface area contributed by atoms with E-state index in [0.717, 1.165) is 44.0 Å². The number of nitriles is 1. The van der Waals surface area contributed by atoms with Crippen molar-refractivity contribution in [1.82, 2.24) is 0 Å². The molecule has 1 aliphatic heterocycles. The van der Waals surface area contributed by atoms with Crippen molar-refractivity contribution in [2.45, 2.75) is 12.8 Å². The maximum atomic E-state index is 8.95. The molecule has 1 aliphatic rings. The van der Waals surface area contributed by atoms with E-state index in [-0.39, 0.29) is 0 Å². The lowest BCUT2D eigenvalue weighted by molar-refractivity contribution is 0.223. The van der Waals surface area contributed by atoms with Crippen molar-refractivity contribution in [3.63, 3.8) is 0 Å². The van der Waals surface area contributed by atoms with E-state index < -0.39 is 0 Å². The molecule has 3 nitrogen and oxygen atoms in total. The van der Waals surface area contributed by atoms with Gasteiger partial charge in [-0.05, 0) is 49.1 Å². The van der Waals surface area contributed by atoms with Crippen LogP contribution in [0.15, 0.2) is 48.5 Å². The molecule has 4 heteroatoms. The van der Waals surface area contributed by atoms with Gasteiger partial charge in [-0.1, -0.05) is 29.8 Å². The molecule has 23 heavy (non-hydrogen) atoms. The summed E-state index contributed by atoms with van der Waals surface area (Å²) in [5, 5.41) is 9.47. The topological polar surface area (TPSA) is 36.3 Å². The molecule has 3 rings (SSSR count). The Labute approximate surface area is 142 Å². The predicted octanol–water partition coefficient (Wildman–Crippen LogP) is 4.51. The van der Waals surface area contributed by atoms with Gasteiger partial charge in [0.2, 0.25) is 0 Å². The molecule has 0 atom stereocenters. The normalized spacial score (nSPS) is 15.2. The van der Waals surface area contributed by atoms with E-state index in [1.807, 2.05) is 42.5 Å². The van der Waals surface area contributed by atoms with Gasteiger partial charge in [-0.2, -0.15) is 5.26 Å². The molecule has 1 saturated heterocycles. The van der Waals surface area contributed by atoms with Gasteiger partial charge >= 0.3 is 0 Å². The van der Waals surface area contributed by atoms with Crippen LogP contribution in [0.25, 0.3) is 0 Å². The molecule has 0 N–H and O–H groups in total. The summed E-state index contributed by atoms with van der Waals surface area (Å²) in [6.45, 7) is 2.75. The summed E-state index contributed by atoms with van der Waals surface area (Å²) in [4.78, 5) is 2.33. The van der Waals surface area contributed by atoms with E-state index in [1.54, 1.807) is 6.07 Å². The Morgan fingerprint density at radius 3 is 2.52 bits per heavy atom. The summed E-state index contributed by atoms with van der Waals surface area (Å²) in [7, 11) is 0. The lowest BCUT2D eigenvalue weighted by atomic mass is 9.97. The number of benzene rings is 2. The van der Waals surface area contributed by atoms with Gasteiger partial charge in [-0.3, -0.25) is 0 Å². The Hall–Kier alpha value is -2.18. The maximum absolute atomic E-state index is 8.95. The Morgan fingerprint density at radius 1 is 1.13 bits per heavy atom. The van der Waals surface area contributed by atoms with E-state index in [1.165, 1.54) is 0 Å². The van der Waals surface area contributed by atoms with Gasteiger partial charge in [0.05, 0.1) is 17.2 Å². The average Bonchev–Trinajstić information content (AvgIpc) is 2.61. The fraction of sp³-hybridized carbons (Fsp3) is 0.316. The fourth-order valence-corrected chi connectivity index (χ4v) is 3.10. The van der Waals surface area contributed by atoms with Crippen LogP contribution >= 0.6 is 11.6 Å². The quantitative estimate of drug-likeness (QED) is 0.829. The summed E-state index contributed by atoms with van der Waals surface area (Å²) >= 11 is 6.13. The number of anilines is 1. The Bertz CT molecular complexity index is 688. The lowest BCUT2D eigenvalue weighted by Crippen LogP contribution is -2.35. The molecule has 0 unspecified atom stereocenters. The molecule has 0 bridgehead atoms. The molecular formula is C19H19ClN2O. The van der Waals surface area contributed by atoms with Crippen LogP contribution in [0.1, 0.15) is 18.4 Å². The van der Waals surface area contributed by atoms with Crippen molar-refractivity contribution >= 4 is 17.3 Å². The molecule has 0 amide bonds. The first-order valence-corrected chi connectivity index (χ1v) is 8.26. The van der Waals surface area contributed by atoms with Gasteiger partial charge in [-0.15, -0.1) is 0 Å². The molecule has 2 aromatic rings. The molecule has 0 aliphatic carbocycles. The summed E-state index contributed by atoms with van der Waals surface area (Å²) < 4.78 is 5.86. The second-order valence-electron chi connectivity index (χ2n) is 5.83. The van der Waals surface area contributed by atoms with E-state index in [2.05, 4.69) is 11.0 Å². The van der Waals surface area contributed by atoms with Crippen LogP contribution in [0, 0.1) is 17.2 Å². The number of nitrogens with zero attached hydrogens (tertiary/aromatic N) is 2. The first kappa shape index (κ1) is 15.7. The third-order valence-electron chi connectivity index (χ3n) is 4.28. The first-order valence-electron chi connectivity index (χ1n) is 7.88. The van der Waals surface area contributed by atoms with Gasteiger partial charge in [0.25, 0.3) is 0 Å². The van der Waals surface area contributed by atoms with Gasteiger partial charge < -0.3 is 9.64 Å². The van der Waals surface area contributed by atoms with Crippen molar-refractivity contribution in [1.29, 1.82) is 5.26 Å². The molecule has 0 radical (unpaired) electrons. The molecular weight excluding hydrogens is 308 g/mol. The zero-order chi connectivity index (χ0) is 16.1. The summed E-state index contributed by atoms with van der Waals surface area (Å²) in [6, 6.07) is 17.7. The molecule has 1 fully saturated rings. The van der Waals surface area contributed by atoms with E-state index in [0.29, 0.717) is 16.5 Å². The zero-order valence-corrected chi connectivity index (χ0v) is 13.7. The standard InChI is InChI=1S/C19H19ClN2O/c20-19-12-17(7-6-16(19)13-21)22-10-8-15(9-11-22)14-23-18-4-2-1-3-5-18/h1-7,12,15H,8-11,14H2. The minimum absolute atomic E-state index is 0.527. The van der Waals surface area contributed by atoms with Crippen molar-refractivity contribution in [2.75, 3.05) is 24.6 Å². The Morgan fingerprint density at radius 2 is 1.87 bits per heavy atom. The first-order chi connectivity index (χ1) is 11.3. The second-order valence-corrected chi connectivity index (χ2v) is 6.24. The number of ether oxygens (including phenoxy) is 1. The highest BCUT2D eigenvalue weighted by Crippen LogP contribution is 2.27. The molecule has 118 valence electrons. The SMILES string of the molecule is N#Cc1ccc(N2CCC(COc3ccccc3)CC2)cc1Cl. The third kappa shape index (κ3) is 3.97. The molecule has 0 spiro atoms. The van der Waals surface area contributed by atoms with Gasteiger partial charge in [0.15, 0.2) is 0 Å². The predicted molar refractivity (Wildman–Crippen MR) is 93.0 cm³/mol. The van der Waals surface area contributed by atoms with E-state index in [9.17, 15) is 0 Å². The minimum Gasteiger partial charge on any atom is -0.493 e. The third-order valence-corrected chi connectivity index (χ3v) is 4.59. The molecule has 2 aromatic carbocycles. The molecule has 1 heterocycles. The monoisotopic (exact) mass is 326 g/mol. The van der Waals surface area contributed by atoms with Crippen LogP contribution in [0.5, 0.6) is 5.75 Å². The number of halogens is 1. The fourth-order valence-electron chi connectivity index (χ4n) is 2.88. The van der Waals surface area contributed by atoms with Gasteiger partial charge in [0, 0.05) is 18.8 Å². The number of hydrogen-bond donors (Lipinski definition) is 0. The Balaban J connectivity index is 1.52. The van der Waals surface area contributed by atoms with Crippen LogP contribution in [0.2, 0.25) is 5.02 Å². The maximum Gasteiger partial charge on any atom is 0.119 e. The number of piperidine rings is 1.